The third-order valence-electron chi connectivity index (χ3n) is 13.2. The fourth-order valence-electron chi connectivity index (χ4n) is 10.3. The summed E-state index contributed by atoms with van der Waals surface area (Å²) in [5.41, 5.74) is 5.68. The molecule has 1 saturated carbocycles. The Bertz CT molecular complexity index is 2760. The molecule has 332 valence electrons. The molecular formula is C51H45Cl2N3O9. The predicted octanol–water partition coefficient (Wildman–Crippen LogP) is 8.75. The van der Waals surface area contributed by atoms with Crippen molar-refractivity contribution in [3.8, 4) is 23.0 Å². The fourth-order valence-corrected chi connectivity index (χ4v) is 10.8. The van der Waals surface area contributed by atoms with E-state index < -0.39 is 46.8 Å². The summed E-state index contributed by atoms with van der Waals surface area (Å²) in [6.07, 6.45) is 6.10. The summed E-state index contributed by atoms with van der Waals surface area (Å²) in [5, 5.41) is 11.5. The van der Waals surface area contributed by atoms with Crippen LogP contribution in [0.4, 0.5) is 11.4 Å². The van der Waals surface area contributed by atoms with Crippen LogP contribution in [0.5, 0.6) is 23.0 Å². The maximum absolute atomic E-state index is 15.7. The van der Waals surface area contributed by atoms with E-state index in [1.165, 1.54) is 11.0 Å². The van der Waals surface area contributed by atoms with Crippen LogP contribution < -0.4 is 29.3 Å². The first-order valence-corrected chi connectivity index (χ1v) is 21.9. The van der Waals surface area contributed by atoms with Crippen molar-refractivity contribution in [1.82, 2.24) is 5.01 Å². The van der Waals surface area contributed by atoms with Crippen LogP contribution in [0.25, 0.3) is 12.2 Å². The second-order valence-corrected chi connectivity index (χ2v) is 17.2. The van der Waals surface area contributed by atoms with Gasteiger partial charge in [0.25, 0.3) is 11.8 Å². The van der Waals surface area contributed by atoms with Crippen LogP contribution in [0.15, 0.2) is 121 Å². The molecular weight excluding hydrogens is 869 g/mol. The van der Waals surface area contributed by atoms with E-state index in [0.29, 0.717) is 44.8 Å². The van der Waals surface area contributed by atoms with E-state index in [9.17, 15) is 14.7 Å². The lowest BCUT2D eigenvalue weighted by atomic mass is 9.49. The number of methoxy groups -OCH3 is 3. The van der Waals surface area contributed by atoms with Crippen LogP contribution in [0.3, 0.4) is 0 Å². The second-order valence-electron chi connectivity index (χ2n) is 16.4. The van der Waals surface area contributed by atoms with E-state index in [-0.39, 0.29) is 48.6 Å². The van der Waals surface area contributed by atoms with Gasteiger partial charge in [-0.25, -0.2) is 0 Å². The highest BCUT2D eigenvalue weighted by atomic mass is 35.5. The van der Waals surface area contributed by atoms with Gasteiger partial charge in [-0.05, 0) is 96.6 Å². The van der Waals surface area contributed by atoms with E-state index in [0.717, 1.165) is 21.7 Å². The normalized spacial score (nSPS) is 23.5. The van der Waals surface area contributed by atoms with Crippen molar-refractivity contribution >= 4 is 70.4 Å². The number of carbonyl (C=O) groups is 4. The summed E-state index contributed by atoms with van der Waals surface area (Å²) in [6.45, 7) is -0.296. The third-order valence-corrected chi connectivity index (χ3v) is 13.8. The Balaban J connectivity index is 1.13. The Kier molecular flexibility index (Phi) is 11.9. The molecule has 2 heterocycles. The van der Waals surface area contributed by atoms with Gasteiger partial charge in [-0.1, -0.05) is 89.5 Å². The zero-order chi connectivity index (χ0) is 45.6. The number of fused-ring (bicyclic) bond motifs is 4. The molecule has 9 rings (SSSR count). The Morgan fingerprint density at radius 1 is 0.769 bits per heavy atom. The molecule has 4 aliphatic rings. The first-order valence-electron chi connectivity index (χ1n) is 21.2. The first kappa shape index (κ1) is 43.6. The molecule has 0 aromatic heterocycles. The standard InChI is InChI=1S/C51H45Cl2N3O9/c1-62-34-17-12-31(13-18-34)51-40(48(59)56(50(51)61)54-42-22-14-32(52)27-41(42)53)28-39-36(46(51)37-6-4-5-7-44(37)65-25-24-57)20-21-38-45(39)49(60)55(47(38)58)33-15-9-29(10-16-33)8-11-30-26-35(63-2)19-23-43(30)64-3/h4-20,22-23,26-27,38-40,45-46,54,57H,21,24-25,28H2,1-3H3. The number of benzene rings is 5. The largest absolute Gasteiger partial charge is 0.497 e. The number of nitrogens with one attached hydrogen (secondary N) is 1. The van der Waals surface area contributed by atoms with E-state index in [1.807, 2.05) is 60.7 Å². The summed E-state index contributed by atoms with van der Waals surface area (Å²) in [6, 6.07) is 31.7. The molecule has 14 heteroatoms. The fraction of sp³-hybridized carbons (Fsp3) is 0.255. The Morgan fingerprint density at radius 2 is 1.51 bits per heavy atom. The highest BCUT2D eigenvalue weighted by molar-refractivity contribution is 6.36. The minimum atomic E-state index is -1.59. The number of aliphatic hydroxyl groups excluding tert-OH is 1. The lowest BCUT2D eigenvalue weighted by Crippen LogP contribution is -2.53. The predicted molar refractivity (Wildman–Crippen MR) is 247 cm³/mol. The number of carbonyl (C=O) groups excluding carboxylic acids is 4. The summed E-state index contributed by atoms with van der Waals surface area (Å²) in [4.78, 5) is 61.6. The molecule has 65 heavy (non-hydrogen) atoms. The molecule has 0 radical (unpaired) electrons. The van der Waals surface area contributed by atoms with Crippen molar-refractivity contribution in [2.24, 2.45) is 23.7 Å². The van der Waals surface area contributed by atoms with Gasteiger partial charge in [0.15, 0.2) is 0 Å². The van der Waals surface area contributed by atoms with Gasteiger partial charge in [0, 0.05) is 22.1 Å². The molecule has 3 fully saturated rings. The van der Waals surface area contributed by atoms with Crippen LogP contribution >= 0.6 is 23.2 Å². The quantitative estimate of drug-likeness (QED) is 0.0669. The SMILES string of the molecule is COc1ccc(C23C(=O)N(Nc4ccc(Cl)cc4Cl)C(=O)C2CC2C(=CCC4C(=O)N(c5ccc(C=Cc6cc(OC)ccc6OC)cc5)C(=O)C42)C3c2ccccc2OCCO)cc1. The van der Waals surface area contributed by atoms with Crippen LogP contribution in [0.1, 0.15) is 41.0 Å². The van der Waals surface area contributed by atoms with Crippen LogP contribution in [0, 0.1) is 23.7 Å². The Morgan fingerprint density at radius 3 is 2.22 bits per heavy atom. The van der Waals surface area contributed by atoms with Crippen molar-refractivity contribution < 1.29 is 43.2 Å². The number of hydrazine groups is 1. The minimum Gasteiger partial charge on any atom is -0.497 e. The number of anilines is 2. The zero-order valence-electron chi connectivity index (χ0n) is 35.7. The number of halogens is 2. The Labute approximate surface area is 385 Å². The minimum absolute atomic E-state index is 0.0305. The van der Waals surface area contributed by atoms with Gasteiger partial charge in [-0.2, -0.15) is 5.01 Å². The van der Waals surface area contributed by atoms with Crippen LogP contribution in [-0.4, -0.2) is 68.3 Å². The smallest absolute Gasteiger partial charge is 0.260 e. The molecule has 2 aliphatic carbocycles. The maximum Gasteiger partial charge on any atom is 0.260 e. The molecule has 0 bridgehead atoms. The van der Waals surface area contributed by atoms with Crippen molar-refractivity contribution in [2.75, 3.05) is 44.9 Å². The zero-order valence-corrected chi connectivity index (χ0v) is 37.2. The van der Waals surface area contributed by atoms with Crippen molar-refractivity contribution in [1.29, 1.82) is 0 Å². The van der Waals surface area contributed by atoms with Crippen LogP contribution in [0.2, 0.25) is 10.0 Å². The van der Waals surface area contributed by atoms with E-state index >= 15 is 9.59 Å². The molecule has 2 saturated heterocycles. The molecule has 0 spiro atoms. The molecule has 4 amide bonds. The average Bonchev–Trinajstić information content (AvgIpc) is 3.71. The number of amides is 4. The number of ether oxygens (including phenoxy) is 4. The lowest BCUT2D eigenvalue weighted by Gasteiger charge is -2.50. The molecule has 12 nitrogen and oxygen atoms in total. The van der Waals surface area contributed by atoms with Gasteiger partial charge in [0.2, 0.25) is 11.8 Å². The monoisotopic (exact) mass is 913 g/mol. The highest BCUT2D eigenvalue weighted by Gasteiger charge is 2.70. The van der Waals surface area contributed by atoms with Gasteiger partial charge in [0.05, 0.1) is 67.5 Å². The average molecular weight is 915 g/mol. The van der Waals surface area contributed by atoms with Crippen molar-refractivity contribution in [3.63, 3.8) is 0 Å². The second kappa shape index (κ2) is 17.8. The van der Waals surface area contributed by atoms with Crippen molar-refractivity contribution in [3.05, 3.63) is 153 Å². The van der Waals surface area contributed by atoms with Gasteiger partial charge in [-0.15, -0.1) is 0 Å². The maximum atomic E-state index is 15.7. The molecule has 6 unspecified atom stereocenters. The molecule has 5 aromatic carbocycles. The summed E-state index contributed by atoms with van der Waals surface area (Å²) in [7, 11) is 4.74. The van der Waals surface area contributed by atoms with Crippen LogP contribution in [-0.2, 0) is 24.6 Å². The summed E-state index contributed by atoms with van der Waals surface area (Å²) >= 11 is 12.8. The van der Waals surface area contributed by atoms with E-state index in [1.54, 1.807) is 82.0 Å². The van der Waals surface area contributed by atoms with E-state index in [2.05, 4.69) is 5.43 Å². The van der Waals surface area contributed by atoms with E-state index in [4.69, 9.17) is 42.1 Å². The highest BCUT2D eigenvalue weighted by Crippen LogP contribution is 2.65. The molecule has 6 atom stereocenters. The van der Waals surface area contributed by atoms with Gasteiger partial charge in [0.1, 0.15) is 29.6 Å². The number of rotatable bonds is 13. The summed E-state index contributed by atoms with van der Waals surface area (Å²) in [5.74, 6) is -3.53. The number of allylic oxidation sites excluding steroid dienone is 2. The number of imide groups is 2. The number of aliphatic hydroxyl groups is 1. The van der Waals surface area contributed by atoms with Gasteiger partial charge in [-0.3, -0.25) is 29.5 Å². The Hall–Kier alpha value is -6.60. The first-order chi connectivity index (χ1) is 31.5. The molecule has 5 aromatic rings. The number of hydrogen-bond acceptors (Lipinski definition) is 10. The number of para-hydroxylation sites is 1. The van der Waals surface area contributed by atoms with Gasteiger partial charge >= 0.3 is 0 Å². The van der Waals surface area contributed by atoms with Crippen molar-refractivity contribution in [2.45, 2.75) is 24.2 Å². The summed E-state index contributed by atoms with van der Waals surface area (Å²) < 4.78 is 22.6. The number of hydrogen-bond donors (Lipinski definition) is 2. The topological polar surface area (TPSA) is 144 Å². The third kappa shape index (κ3) is 7.39. The lowest BCUT2D eigenvalue weighted by molar-refractivity contribution is -0.138. The van der Waals surface area contributed by atoms with Gasteiger partial charge < -0.3 is 24.1 Å². The molecule has 2 aliphatic heterocycles. The number of nitrogens with zero attached hydrogens (tertiary/aromatic N) is 2. The molecule has 2 N–H and O–H groups in total.